The van der Waals surface area contributed by atoms with Gasteiger partial charge in [-0.05, 0) is 11.4 Å². The first-order valence-electron chi connectivity index (χ1n) is 5.09. The number of carbonyl (C=O) groups is 1. The standard InChI is InChI=1S/C10H11N3O3S2/c11-6(10(14)15)4-17-5-8-12-13-9(16-8)7-2-1-3-18-7/h1-3,6H,4-5,11H2,(H,14,15). The van der Waals surface area contributed by atoms with Gasteiger partial charge in [-0.15, -0.1) is 33.3 Å². The van der Waals surface area contributed by atoms with Gasteiger partial charge < -0.3 is 15.3 Å². The lowest BCUT2D eigenvalue weighted by Crippen LogP contribution is -2.32. The summed E-state index contributed by atoms with van der Waals surface area (Å²) in [5, 5.41) is 18.4. The molecule has 3 N–H and O–H groups in total. The minimum atomic E-state index is -1.01. The number of thioether (sulfide) groups is 1. The molecule has 2 heterocycles. The van der Waals surface area contributed by atoms with Gasteiger partial charge in [-0.25, -0.2) is 0 Å². The fourth-order valence-electron chi connectivity index (χ4n) is 1.16. The number of thiophene rings is 1. The Morgan fingerprint density at radius 1 is 1.61 bits per heavy atom. The zero-order valence-corrected chi connectivity index (χ0v) is 10.9. The molecule has 96 valence electrons. The third-order valence-electron chi connectivity index (χ3n) is 2.04. The van der Waals surface area contributed by atoms with Crippen molar-refractivity contribution in [2.24, 2.45) is 5.73 Å². The van der Waals surface area contributed by atoms with Gasteiger partial charge in [0.2, 0.25) is 5.89 Å². The molecule has 0 fully saturated rings. The monoisotopic (exact) mass is 285 g/mol. The highest BCUT2D eigenvalue weighted by Gasteiger charge is 2.13. The topological polar surface area (TPSA) is 102 Å². The Balaban J connectivity index is 1.86. The predicted molar refractivity (Wildman–Crippen MR) is 69.4 cm³/mol. The number of hydrogen-bond acceptors (Lipinski definition) is 7. The summed E-state index contributed by atoms with van der Waals surface area (Å²) in [6, 6.07) is 2.94. The molecule has 0 aliphatic rings. The largest absolute Gasteiger partial charge is 0.480 e. The SMILES string of the molecule is NC(CSCc1nnc(-c2cccs2)o1)C(=O)O. The Morgan fingerprint density at radius 3 is 3.11 bits per heavy atom. The van der Waals surface area contributed by atoms with E-state index in [0.29, 0.717) is 23.3 Å². The zero-order chi connectivity index (χ0) is 13.0. The first-order chi connectivity index (χ1) is 8.66. The molecule has 1 atom stereocenters. The minimum Gasteiger partial charge on any atom is -0.480 e. The molecule has 2 aromatic heterocycles. The second kappa shape index (κ2) is 5.98. The summed E-state index contributed by atoms with van der Waals surface area (Å²) < 4.78 is 5.45. The number of aromatic nitrogens is 2. The van der Waals surface area contributed by atoms with Crippen LogP contribution in [-0.2, 0) is 10.5 Å². The highest BCUT2D eigenvalue weighted by molar-refractivity contribution is 7.98. The van der Waals surface area contributed by atoms with E-state index in [1.54, 1.807) is 0 Å². The molecule has 0 aliphatic carbocycles. The second-order valence-electron chi connectivity index (χ2n) is 3.44. The summed E-state index contributed by atoms with van der Waals surface area (Å²) >= 11 is 2.88. The summed E-state index contributed by atoms with van der Waals surface area (Å²) in [5.41, 5.74) is 5.38. The number of nitrogens with zero attached hydrogens (tertiary/aromatic N) is 2. The summed E-state index contributed by atoms with van der Waals surface area (Å²) in [5.74, 6) is 0.724. The highest BCUT2D eigenvalue weighted by Crippen LogP contribution is 2.24. The number of hydrogen-bond donors (Lipinski definition) is 2. The van der Waals surface area contributed by atoms with Gasteiger partial charge in [0.05, 0.1) is 10.6 Å². The number of aliphatic carboxylic acids is 1. The van der Waals surface area contributed by atoms with Crippen LogP contribution in [0.15, 0.2) is 21.9 Å². The van der Waals surface area contributed by atoms with E-state index in [9.17, 15) is 4.79 Å². The average molecular weight is 285 g/mol. The smallest absolute Gasteiger partial charge is 0.321 e. The lowest BCUT2D eigenvalue weighted by Gasteiger charge is -2.03. The Bertz CT molecular complexity index is 512. The van der Waals surface area contributed by atoms with Crippen LogP contribution in [0.5, 0.6) is 0 Å². The molecule has 0 radical (unpaired) electrons. The fraction of sp³-hybridized carbons (Fsp3) is 0.300. The van der Waals surface area contributed by atoms with Crippen LogP contribution in [0.1, 0.15) is 5.89 Å². The molecule has 0 spiro atoms. The number of rotatable bonds is 6. The van der Waals surface area contributed by atoms with Crippen molar-refractivity contribution in [2.75, 3.05) is 5.75 Å². The van der Waals surface area contributed by atoms with E-state index in [2.05, 4.69) is 10.2 Å². The number of nitrogens with two attached hydrogens (primary N) is 1. The highest BCUT2D eigenvalue weighted by atomic mass is 32.2. The van der Waals surface area contributed by atoms with E-state index >= 15 is 0 Å². The molecule has 2 rings (SSSR count). The van der Waals surface area contributed by atoms with Crippen molar-refractivity contribution in [1.82, 2.24) is 10.2 Å². The minimum absolute atomic E-state index is 0.312. The van der Waals surface area contributed by atoms with Crippen LogP contribution in [0.2, 0.25) is 0 Å². The predicted octanol–water partition coefficient (Wildman–Crippen LogP) is 1.44. The van der Waals surface area contributed by atoms with Crippen LogP contribution >= 0.6 is 23.1 Å². The van der Waals surface area contributed by atoms with Crippen LogP contribution in [0.3, 0.4) is 0 Å². The molecule has 8 heteroatoms. The van der Waals surface area contributed by atoms with Crippen molar-refractivity contribution < 1.29 is 14.3 Å². The van der Waals surface area contributed by atoms with Gasteiger partial charge in [0.25, 0.3) is 5.89 Å². The van der Waals surface area contributed by atoms with Crippen molar-refractivity contribution in [3.63, 3.8) is 0 Å². The van der Waals surface area contributed by atoms with Gasteiger partial charge >= 0.3 is 5.97 Å². The van der Waals surface area contributed by atoms with E-state index in [1.807, 2.05) is 17.5 Å². The molecule has 18 heavy (non-hydrogen) atoms. The second-order valence-corrected chi connectivity index (χ2v) is 5.42. The van der Waals surface area contributed by atoms with Crippen LogP contribution < -0.4 is 5.73 Å². The summed E-state index contributed by atoms with van der Waals surface area (Å²) in [6.45, 7) is 0. The molecule has 2 aromatic rings. The molecule has 0 bridgehead atoms. The van der Waals surface area contributed by atoms with Crippen LogP contribution in [0.4, 0.5) is 0 Å². The van der Waals surface area contributed by atoms with E-state index in [-0.39, 0.29) is 0 Å². The Morgan fingerprint density at radius 2 is 2.44 bits per heavy atom. The van der Waals surface area contributed by atoms with Crippen molar-refractivity contribution in [3.8, 4) is 10.8 Å². The zero-order valence-electron chi connectivity index (χ0n) is 9.28. The van der Waals surface area contributed by atoms with Gasteiger partial charge in [0, 0.05) is 5.75 Å². The van der Waals surface area contributed by atoms with Gasteiger partial charge in [0.15, 0.2) is 0 Å². The maximum atomic E-state index is 10.5. The van der Waals surface area contributed by atoms with Crippen LogP contribution in [-0.4, -0.2) is 33.1 Å². The normalized spacial score (nSPS) is 12.5. The van der Waals surface area contributed by atoms with E-state index in [4.69, 9.17) is 15.3 Å². The molecular weight excluding hydrogens is 274 g/mol. The van der Waals surface area contributed by atoms with Gasteiger partial charge in [-0.2, -0.15) is 0 Å². The van der Waals surface area contributed by atoms with Gasteiger partial charge in [-0.1, -0.05) is 6.07 Å². The Kier molecular flexibility index (Phi) is 4.34. The van der Waals surface area contributed by atoms with Crippen molar-refractivity contribution in [1.29, 1.82) is 0 Å². The van der Waals surface area contributed by atoms with Crippen molar-refractivity contribution in [3.05, 3.63) is 23.4 Å². The van der Waals surface area contributed by atoms with E-state index in [0.717, 1.165) is 4.88 Å². The first-order valence-corrected chi connectivity index (χ1v) is 7.12. The molecule has 6 nitrogen and oxygen atoms in total. The average Bonchev–Trinajstić information content (AvgIpc) is 2.98. The molecule has 0 aliphatic heterocycles. The molecule has 0 saturated heterocycles. The van der Waals surface area contributed by atoms with Gasteiger partial charge in [-0.3, -0.25) is 4.79 Å². The van der Waals surface area contributed by atoms with E-state index in [1.165, 1.54) is 23.1 Å². The molecule has 0 amide bonds. The lowest BCUT2D eigenvalue weighted by atomic mass is 10.4. The molecular formula is C10H11N3O3S2. The number of carboxylic acids is 1. The number of carboxylic acid groups (broad SMARTS) is 1. The fourth-order valence-corrected chi connectivity index (χ4v) is 2.61. The first kappa shape index (κ1) is 13.1. The third-order valence-corrected chi connectivity index (χ3v) is 3.94. The third kappa shape index (κ3) is 3.31. The van der Waals surface area contributed by atoms with Crippen LogP contribution in [0.25, 0.3) is 10.8 Å². The van der Waals surface area contributed by atoms with Crippen molar-refractivity contribution in [2.45, 2.75) is 11.8 Å². The quantitative estimate of drug-likeness (QED) is 0.827. The maximum absolute atomic E-state index is 10.5. The lowest BCUT2D eigenvalue weighted by molar-refractivity contribution is -0.137. The Labute approximate surface area is 111 Å². The molecule has 0 saturated carbocycles. The summed E-state index contributed by atoms with van der Waals surface area (Å²) in [6.07, 6.45) is 0. The van der Waals surface area contributed by atoms with E-state index < -0.39 is 12.0 Å². The molecule has 0 aromatic carbocycles. The maximum Gasteiger partial charge on any atom is 0.321 e. The molecule has 1 unspecified atom stereocenters. The van der Waals surface area contributed by atoms with Crippen molar-refractivity contribution >= 4 is 29.1 Å². The Hall–Kier alpha value is -1.38. The summed E-state index contributed by atoms with van der Waals surface area (Å²) in [4.78, 5) is 11.4. The van der Waals surface area contributed by atoms with Gasteiger partial charge in [0.1, 0.15) is 6.04 Å². The summed E-state index contributed by atoms with van der Waals surface area (Å²) in [7, 11) is 0. The van der Waals surface area contributed by atoms with Crippen LogP contribution in [0, 0.1) is 0 Å².